The van der Waals surface area contributed by atoms with Crippen molar-refractivity contribution in [2.75, 3.05) is 24.7 Å². The molecule has 1 aliphatic heterocycles. The van der Waals surface area contributed by atoms with E-state index in [1.165, 1.54) is 0 Å². The SMILES string of the molecule is Cc1nc2c(C(N)=O)cc(N3CCOC[C@@H]3C)cc2n1-c1ccnc2c(Cl)cccc12. The number of morpholine rings is 1. The number of primary amides is 1. The summed E-state index contributed by atoms with van der Waals surface area (Å²) in [5.74, 6) is 0.247. The van der Waals surface area contributed by atoms with Crippen molar-refractivity contribution in [3.05, 3.63) is 59.0 Å². The van der Waals surface area contributed by atoms with Gasteiger partial charge >= 0.3 is 0 Å². The third-order valence-electron chi connectivity index (χ3n) is 5.82. The standard InChI is InChI=1S/C23H22ClN5O2/c1-13-12-31-9-8-28(13)15-10-17(23(25)30)22-20(11-15)29(14(2)27-22)19-6-7-26-21-16(19)4-3-5-18(21)24/h3-7,10-11,13H,8-9,12H2,1-2H3,(H2,25,30)/t13-/m0/s1. The van der Waals surface area contributed by atoms with Gasteiger partial charge in [-0.25, -0.2) is 4.98 Å². The Morgan fingerprint density at radius 1 is 1.26 bits per heavy atom. The molecule has 2 aromatic heterocycles. The fourth-order valence-corrected chi connectivity index (χ4v) is 4.59. The van der Waals surface area contributed by atoms with Crippen LogP contribution in [0.25, 0.3) is 27.6 Å². The number of amides is 1. The van der Waals surface area contributed by atoms with Crippen LogP contribution >= 0.6 is 11.6 Å². The van der Waals surface area contributed by atoms with Crippen LogP contribution in [0.1, 0.15) is 23.1 Å². The molecule has 2 N–H and O–H groups in total. The number of pyridine rings is 1. The molecular formula is C23H22ClN5O2. The molecule has 0 unspecified atom stereocenters. The van der Waals surface area contributed by atoms with Gasteiger partial charge in [0.2, 0.25) is 0 Å². The monoisotopic (exact) mass is 435 g/mol. The van der Waals surface area contributed by atoms with E-state index in [1.54, 1.807) is 6.20 Å². The van der Waals surface area contributed by atoms with Crippen molar-refractivity contribution in [3.8, 4) is 5.69 Å². The van der Waals surface area contributed by atoms with Gasteiger partial charge in [-0.2, -0.15) is 0 Å². The Labute approximate surface area is 184 Å². The Bertz CT molecular complexity index is 1330. The Kier molecular flexibility index (Phi) is 4.79. The van der Waals surface area contributed by atoms with Crippen molar-refractivity contribution in [1.82, 2.24) is 14.5 Å². The second-order valence-electron chi connectivity index (χ2n) is 7.80. The van der Waals surface area contributed by atoms with E-state index in [0.717, 1.165) is 40.2 Å². The highest BCUT2D eigenvalue weighted by molar-refractivity contribution is 6.35. The molecule has 5 rings (SSSR count). The number of nitrogens with zero attached hydrogens (tertiary/aromatic N) is 4. The van der Waals surface area contributed by atoms with E-state index < -0.39 is 5.91 Å². The second kappa shape index (κ2) is 7.51. The number of aromatic nitrogens is 3. The van der Waals surface area contributed by atoms with Crippen LogP contribution < -0.4 is 10.6 Å². The smallest absolute Gasteiger partial charge is 0.251 e. The zero-order chi connectivity index (χ0) is 21.7. The van der Waals surface area contributed by atoms with Crippen molar-refractivity contribution in [1.29, 1.82) is 0 Å². The van der Waals surface area contributed by atoms with Crippen LogP contribution in [0.4, 0.5) is 5.69 Å². The number of ether oxygens (including phenoxy) is 1. The molecule has 1 amide bonds. The lowest BCUT2D eigenvalue weighted by Crippen LogP contribution is -2.43. The first-order chi connectivity index (χ1) is 15.0. The molecular weight excluding hydrogens is 414 g/mol. The molecule has 4 aromatic rings. The number of aryl methyl sites for hydroxylation is 1. The molecule has 7 nitrogen and oxygen atoms in total. The lowest BCUT2D eigenvalue weighted by Gasteiger charge is -2.35. The fourth-order valence-electron chi connectivity index (χ4n) is 4.37. The highest BCUT2D eigenvalue weighted by atomic mass is 35.5. The molecule has 1 saturated heterocycles. The molecule has 3 heterocycles. The number of anilines is 1. The number of hydrogen-bond donors (Lipinski definition) is 1. The van der Waals surface area contributed by atoms with Gasteiger partial charge in [0.25, 0.3) is 5.91 Å². The maximum atomic E-state index is 12.3. The highest BCUT2D eigenvalue weighted by Gasteiger charge is 2.24. The summed E-state index contributed by atoms with van der Waals surface area (Å²) in [5.41, 5.74) is 10.1. The average Bonchev–Trinajstić information content (AvgIpc) is 3.08. The van der Waals surface area contributed by atoms with Crippen molar-refractivity contribution >= 4 is 45.1 Å². The third kappa shape index (κ3) is 3.21. The van der Waals surface area contributed by atoms with Crippen molar-refractivity contribution in [2.45, 2.75) is 19.9 Å². The van der Waals surface area contributed by atoms with Gasteiger partial charge in [-0.1, -0.05) is 23.7 Å². The maximum absolute atomic E-state index is 12.3. The largest absolute Gasteiger partial charge is 0.377 e. The van der Waals surface area contributed by atoms with Gasteiger partial charge in [0.1, 0.15) is 11.3 Å². The minimum Gasteiger partial charge on any atom is -0.377 e. The van der Waals surface area contributed by atoms with Crippen molar-refractivity contribution < 1.29 is 9.53 Å². The van der Waals surface area contributed by atoms with E-state index in [9.17, 15) is 4.79 Å². The van der Waals surface area contributed by atoms with Crippen LogP contribution in [-0.2, 0) is 4.74 Å². The summed E-state index contributed by atoms with van der Waals surface area (Å²) in [6, 6.07) is 11.7. The Balaban J connectivity index is 1.82. The predicted molar refractivity (Wildman–Crippen MR) is 122 cm³/mol. The number of carbonyl (C=O) groups excluding carboxylic acids is 1. The molecule has 1 fully saturated rings. The summed E-state index contributed by atoms with van der Waals surface area (Å²) in [7, 11) is 0. The van der Waals surface area contributed by atoms with Gasteiger partial charge in [-0.3, -0.25) is 14.3 Å². The van der Waals surface area contributed by atoms with Crippen LogP contribution in [0.15, 0.2) is 42.6 Å². The summed E-state index contributed by atoms with van der Waals surface area (Å²) in [4.78, 5) is 23.7. The molecule has 2 aromatic carbocycles. The molecule has 158 valence electrons. The number of rotatable bonds is 3. The number of hydrogen-bond acceptors (Lipinski definition) is 5. The van der Waals surface area contributed by atoms with E-state index >= 15 is 0 Å². The van der Waals surface area contributed by atoms with Gasteiger partial charge in [0, 0.05) is 29.9 Å². The van der Waals surface area contributed by atoms with Gasteiger partial charge < -0.3 is 15.4 Å². The van der Waals surface area contributed by atoms with Crippen molar-refractivity contribution in [3.63, 3.8) is 0 Å². The summed E-state index contributed by atoms with van der Waals surface area (Å²) in [6.07, 6.45) is 1.73. The summed E-state index contributed by atoms with van der Waals surface area (Å²) >= 11 is 6.39. The van der Waals surface area contributed by atoms with Crippen molar-refractivity contribution in [2.24, 2.45) is 5.73 Å². The van der Waals surface area contributed by atoms with E-state index in [1.807, 2.05) is 41.8 Å². The molecule has 8 heteroatoms. The number of carbonyl (C=O) groups is 1. The Morgan fingerprint density at radius 2 is 2.10 bits per heavy atom. The minimum atomic E-state index is -0.500. The Morgan fingerprint density at radius 3 is 2.87 bits per heavy atom. The number of imidazole rings is 1. The molecule has 1 atom stereocenters. The van der Waals surface area contributed by atoms with Crippen LogP contribution in [0.3, 0.4) is 0 Å². The lowest BCUT2D eigenvalue weighted by molar-refractivity contribution is 0.0988. The molecule has 31 heavy (non-hydrogen) atoms. The number of fused-ring (bicyclic) bond motifs is 2. The summed E-state index contributed by atoms with van der Waals surface area (Å²) < 4.78 is 7.62. The first-order valence-electron chi connectivity index (χ1n) is 10.2. The number of para-hydroxylation sites is 1. The predicted octanol–water partition coefficient (Wildman–Crippen LogP) is 3.86. The number of benzene rings is 2. The van der Waals surface area contributed by atoms with E-state index in [2.05, 4.69) is 22.9 Å². The fraction of sp³-hybridized carbons (Fsp3) is 0.261. The lowest BCUT2D eigenvalue weighted by atomic mass is 10.1. The first-order valence-corrected chi connectivity index (χ1v) is 10.5. The van der Waals surface area contributed by atoms with Gasteiger partial charge in [0.15, 0.2) is 0 Å². The number of halogens is 1. The Hall–Kier alpha value is -3.16. The minimum absolute atomic E-state index is 0.185. The zero-order valence-corrected chi connectivity index (χ0v) is 18.1. The van der Waals surface area contributed by atoms with E-state index in [4.69, 9.17) is 27.1 Å². The molecule has 0 radical (unpaired) electrons. The quantitative estimate of drug-likeness (QED) is 0.528. The molecule has 0 aliphatic carbocycles. The van der Waals surface area contributed by atoms with Crippen LogP contribution in [-0.4, -0.2) is 46.2 Å². The summed E-state index contributed by atoms with van der Waals surface area (Å²) in [6.45, 7) is 6.04. The van der Waals surface area contributed by atoms with Crippen LogP contribution in [0.5, 0.6) is 0 Å². The zero-order valence-electron chi connectivity index (χ0n) is 17.3. The molecule has 0 saturated carbocycles. The second-order valence-corrected chi connectivity index (χ2v) is 8.21. The van der Waals surface area contributed by atoms with Gasteiger partial charge in [-0.15, -0.1) is 0 Å². The topological polar surface area (TPSA) is 86.3 Å². The van der Waals surface area contributed by atoms with E-state index in [0.29, 0.717) is 29.3 Å². The summed E-state index contributed by atoms with van der Waals surface area (Å²) in [5, 5.41) is 1.49. The molecule has 1 aliphatic rings. The number of nitrogens with two attached hydrogens (primary N) is 1. The average molecular weight is 436 g/mol. The van der Waals surface area contributed by atoms with Crippen LogP contribution in [0.2, 0.25) is 5.02 Å². The molecule has 0 spiro atoms. The van der Waals surface area contributed by atoms with Crippen LogP contribution in [0, 0.1) is 6.92 Å². The van der Waals surface area contributed by atoms with E-state index in [-0.39, 0.29) is 6.04 Å². The normalized spacial score (nSPS) is 16.9. The highest BCUT2D eigenvalue weighted by Crippen LogP contribution is 2.33. The maximum Gasteiger partial charge on any atom is 0.251 e. The first kappa shape index (κ1) is 19.8. The van der Waals surface area contributed by atoms with Gasteiger partial charge in [0.05, 0.1) is 40.5 Å². The molecule has 0 bridgehead atoms. The third-order valence-corrected chi connectivity index (χ3v) is 6.12. The van der Waals surface area contributed by atoms with Gasteiger partial charge in [-0.05, 0) is 38.1 Å².